The van der Waals surface area contributed by atoms with Crippen molar-refractivity contribution in [3.8, 4) is 5.88 Å². The molecule has 2 rings (SSSR count). The van der Waals surface area contributed by atoms with Gasteiger partial charge in [-0.3, -0.25) is 4.79 Å². The predicted octanol–water partition coefficient (Wildman–Crippen LogP) is 1.87. The molecule has 19 heavy (non-hydrogen) atoms. The molecule has 1 unspecified atom stereocenters. The minimum absolute atomic E-state index is 0.0737. The number of rotatable bonds is 6. The maximum absolute atomic E-state index is 11.0. The van der Waals surface area contributed by atoms with Crippen molar-refractivity contribution in [2.45, 2.75) is 25.2 Å². The second-order valence-electron chi connectivity index (χ2n) is 4.97. The monoisotopic (exact) mass is 263 g/mol. The van der Waals surface area contributed by atoms with Gasteiger partial charge in [0.1, 0.15) is 6.29 Å². The van der Waals surface area contributed by atoms with Crippen molar-refractivity contribution in [1.82, 2.24) is 4.98 Å². The molecule has 102 valence electrons. The van der Waals surface area contributed by atoms with Crippen LogP contribution in [0.15, 0.2) is 18.3 Å². The fourth-order valence-electron chi connectivity index (χ4n) is 2.62. The van der Waals surface area contributed by atoms with E-state index >= 15 is 0 Å². The molecule has 1 N–H and O–H groups in total. The normalized spacial score (nSPS) is 23.2. The molecule has 1 atom stereocenters. The van der Waals surface area contributed by atoms with Crippen molar-refractivity contribution in [2.24, 2.45) is 11.8 Å². The number of nitrogens with zero attached hydrogens (tertiary/aromatic N) is 1. The summed E-state index contributed by atoms with van der Waals surface area (Å²) in [6.45, 7) is 0. The zero-order chi connectivity index (χ0) is 13.8. The third kappa shape index (κ3) is 3.10. The van der Waals surface area contributed by atoms with E-state index in [-0.39, 0.29) is 24.2 Å². The van der Waals surface area contributed by atoms with Gasteiger partial charge in [-0.15, -0.1) is 0 Å². The van der Waals surface area contributed by atoms with Gasteiger partial charge < -0.3 is 14.6 Å². The van der Waals surface area contributed by atoms with Gasteiger partial charge >= 0.3 is 5.97 Å². The SMILES string of the molecule is COc1ccc(C(CC(=O)O)C2CC(C=O)C2)cn1. The van der Waals surface area contributed by atoms with Crippen LogP contribution in [0.2, 0.25) is 0 Å². The van der Waals surface area contributed by atoms with Crippen LogP contribution in [0.4, 0.5) is 0 Å². The maximum Gasteiger partial charge on any atom is 0.303 e. The molecule has 5 nitrogen and oxygen atoms in total. The molecule has 0 bridgehead atoms. The van der Waals surface area contributed by atoms with Crippen molar-refractivity contribution in [3.63, 3.8) is 0 Å². The summed E-state index contributed by atoms with van der Waals surface area (Å²) >= 11 is 0. The molecule has 0 aromatic carbocycles. The van der Waals surface area contributed by atoms with E-state index in [1.165, 1.54) is 7.11 Å². The minimum Gasteiger partial charge on any atom is -0.481 e. The van der Waals surface area contributed by atoms with Gasteiger partial charge in [-0.1, -0.05) is 6.07 Å². The second kappa shape index (κ2) is 5.82. The van der Waals surface area contributed by atoms with Gasteiger partial charge in [-0.05, 0) is 30.2 Å². The zero-order valence-corrected chi connectivity index (χ0v) is 10.8. The Kier molecular flexibility index (Phi) is 4.14. The molecule has 1 aromatic rings. The van der Waals surface area contributed by atoms with Gasteiger partial charge in [0.25, 0.3) is 0 Å². The molecule has 1 aromatic heterocycles. The van der Waals surface area contributed by atoms with E-state index < -0.39 is 5.97 Å². The number of carbonyl (C=O) groups is 2. The van der Waals surface area contributed by atoms with E-state index in [0.29, 0.717) is 5.88 Å². The molecule has 1 aliphatic carbocycles. The summed E-state index contributed by atoms with van der Waals surface area (Å²) in [6, 6.07) is 3.59. The smallest absolute Gasteiger partial charge is 0.303 e. The number of ether oxygens (including phenoxy) is 1. The Labute approximate surface area is 111 Å². The molecule has 0 aliphatic heterocycles. The number of carboxylic acid groups (broad SMARTS) is 1. The van der Waals surface area contributed by atoms with Crippen LogP contribution in [0.3, 0.4) is 0 Å². The van der Waals surface area contributed by atoms with Crippen molar-refractivity contribution in [3.05, 3.63) is 23.9 Å². The van der Waals surface area contributed by atoms with E-state index in [0.717, 1.165) is 24.7 Å². The summed E-state index contributed by atoms with van der Waals surface area (Å²) in [7, 11) is 1.54. The van der Waals surface area contributed by atoms with Crippen molar-refractivity contribution >= 4 is 12.3 Å². The number of aldehydes is 1. The quantitative estimate of drug-likeness (QED) is 0.793. The number of carboxylic acids is 1. The number of hydrogen-bond donors (Lipinski definition) is 1. The van der Waals surface area contributed by atoms with Gasteiger partial charge in [0.2, 0.25) is 5.88 Å². The summed E-state index contributed by atoms with van der Waals surface area (Å²) < 4.78 is 4.99. The number of aromatic nitrogens is 1. The topological polar surface area (TPSA) is 76.5 Å². The minimum atomic E-state index is -0.824. The molecular formula is C14H17NO4. The summed E-state index contributed by atoms with van der Waals surface area (Å²) in [4.78, 5) is 25.8. The Bertz CT molecular complexity index is 451. The highest BCUT2D eigenvalue weighted by atomic mass is 16.5. The molecule has 0 saturated heterocycles. The van der Waals surface area contributed by atoms with Gasteiger partial charge in [0.05, 0.1) is 13.5 Å². The predicted molar refractivity (Wildman–Crippen MR) is 68.1 cm³/mol. The molecule has 1 aliphatic rings. The highest BCUT2D eigenvalue weighted by Crippen LogP contribution is 2.44. The number of pyridine rings is 1. The highest BCUT2D eigenvalue weighted by Gasteiger charge is 2.36. The average Bonchev–Trinajstić information content (AvgIpc) is 2.36. The van der Waals surface area contributed by atoms with Crippen LogP contribution in [-0.4, -0.2) is 29.5 Å². The van der Waals surface area contributed by atoms with Crippen LogP contribution < -0.4 is 4.74 Å². The number of aliphatic carboxylic acids is 1. The zero-order valence-electron chi connectivity index (χ0n) is 10.8. The lowest BCUT2D eigenvalue weighted by Gasteiger charge is -2.37. The van der Waals surface area contributed by atoms with Crippen LogP contribution in [0.5, 0.6) is 5.88 Å². The Hall–Kier alpha value is -1.91. The standard InChI is InChI=1S/C14H17NO4/c1-19-13-3-2-10(7-15-13)12(6-14(17)18)11-4-9(5-11)8-16/h2-3,7-9,11-12H,4-6H2,1H3,(H,17,18). The van der Waals surface area contributed by atoms with E-state index in [4.69, 9.17) is 9.84 Å². The van der Waals surface area contributed by atoms with E-state index in [1.807, 2.05) is 6.07 Å². The van der Waals surface area contributed by atoms with Crippen LogP contribution in [0.25, 0.3) is 0 Å². The summed E-state index contributed by atoms with van der Waals surface area (Å²) in [6.07, 6.45) is 4.24. The first kappa shape index (κ1) is 13.5. The molecule has 1 fully saturated rings. The van der Waals surface area contributed by atoms with Crippen LogP contribution in [0.1, 0.15) is 30.7 Å². The fourth-order valence-corrected chi connectivity index (χ4v) is 2.62. The van der Waals surface area contributed by atoms with E-state index in [9.17, 15) is 9.59 Å². The lowest BCUT2D eigenvalue weighted by Crippen LogP contribution is -2.31. The lowest BCUT2D eigenvalue weighted by atomic mass is 9.66. The Morgan fingerprint density at radius 1 is 1.58 bits per heavy atom. The van der Waals surface area contributed by atoms with Crippen molar-refractivity contribution in [2.75, 3.05) is 7.11 Å². The average molecular weight is 263 g/mol. The Morgan fingerprint density at radius 3 is 2.79 bits per heavy atom. The largest absolute Gasteiger partial charge is 0.481 e. The summed E-state index contributed by atoms with van der Waals surface area (Å²) in [5.74, 6) is -0.0475. The number of methoxy groups -OCH3 is 1. The van der Waals surface area contributed by atoms with Gasteiger partial charge in [0, 0.05) is 18.2 Å². The molecule has 0 radical (unpaired) electrons. The third-order valence-corrected chi connectivity index (χ3v) is 3.76. The first-order valence-electron chi connectivity index (χ1n) is 6.31. The van der Waals surface area contributed by atoms with Crippen molar-refractivity contribution in [1.29, 1.82) is 0 Å². The maximum atomic E-state index is 11.0. The molecule has 1 heterocycles. The van der Waals surface area contributed by atoms with Gasteiger partial charge in [-0.2, -0.15) is 0 Å². The second-order valence-corrected chi connectivity index (χ2v) is 4.97. The van der Waals surface area contributed by atoms with E-state index in [2.05, 4.69) is 4.98 Å². The molecule has 0 amide bonds. The Morgan fingerprint density at radius 2 is 2.32 bits per heavy atom. The van der Waals surface area contributed by atoms with Gasteiger partial charge in [0.15, 0.2) is 0 Å². The molecular weight excluding hydrogens is 246 g/mol. The first-order valence-corrected chi connectivity index (χ1v) is 6.31. The summed E-state index contributed by atoms with van der Waals surface area (Å²) in [5.41, 5.74) is 0.901. The molecule has 0 spiro atoms. The van der Waals surface area contributed by atoms with Crippen LogP contribution >= 0.6 is 0 Å². The summed E-state index contributed by atoms with van der Waals surface area (Å²) in [5, 5.41) is 9.02. The third-order valence-electron chi connectivity index (χ3n) is 3.76. The Balaban J connectivity index is 2.12. The number of hydrogen-bond acceptors (Lipinski definition) is 4. The number of carbonyl (C=O) groups excluding carboxylic acids is 1. The fraction of sp³-hybridized carbons (Fsp3) is 0.500. The van der Waals surface area contributed by atoms with Crippen molar-refractivity contribution < 1.29 is 19.4 Å². The van der Waals surface area contributed by atoms with Gasteiger partial charge in [-0.25, -0.2) is 4.98 Å². The molecule has 1 saturated carbocycles. The molecule has 5 heteroatoms. The lowest BCUT2D eigenvalue weighted by molar-refractivity contribution is -0.138. The van der Waals surface area contributed by atoms with E-state index in [1.54, 1.807) is 12.3 Å². The van der Waals surface area contributed by atoms with Crippen LogP contribution in [-0.2, 0) is 9.59 Å². The highest BCUT2D eigenvalue weighted by molar-refractivity contribution is 5.68. The first-order chi connectivity index (χ1) is 9.13. The van der Waals surface area contributed by atoms with Crippen LogP contribution in [0, 0.1) is 11.8 Å².